The number of rotatable bonds is 7. The molecule has 2 heterocycles. The van der Waals surface area contributed by atoms with Crippen molar-refractivity contribution in [1.29, 1.82) is 0 Å². The van der Waals surface area contributed by atoms with E-state index in [-0.39, 0.29) is 17.7 Å². The maximum Gasteiger partial charge on any atom is 0.231 e. The van der Waals surface area contributed by atoms with Gasteiger partial charge >= 0.3 is 0 Å². The molecule has 0 radical (unpaired) electrons. The summed E-state index contributed by atoms with van der Waals surface area (Å²) in [5.41, 5.74) is 0. The summed E-state index contributed by atoms with van der Waals surface area (Å²) in [6, 6.07) is 0.339. The monoisotopic (exact) mass is 364 g/mol. The summed E-state index contributed by atoms with van der Waals surface area (Å²) in [5, 5.41) is 12.6. The number of carbonyl (C=O) groups is 2. The summed E-state index contributed by atoms with van der Waals surface area (Å²) in [5.74, 6) is -0.227. The van der Waals surface area contributed by atoms with E-state index in [0.29, 0.717) is 24.1 Å². The zero-order valence-electron chi connectivity index (χ0n) is 15.0. The standard InChI is InChI=1S/C18H28N4O2S/c1-2-3-5-10-15-20-21-18(25-15)19-17(24)13-11-16(23)22(12-13)14-8-6-4-7-9-14/h13-14H,2-12H2,1H3,(H,19,21,24). The number of aryl methyl sites for hydroxylation is 1. The Morgan fingerprint density at radius 3 is 2.80 bits per heavy atom. The maximum atomic E-state index is 12.5. The Morgan fingerprint density at radius 1 is 1.24 bits per heavy atom. The minimum Gasteiger partial charge on any atom is -0.339 e. The molecular formula is C18H28N4O2S. The van der Waals surface area contributed by atoms with Crippen LogP contribution in [0.1, 0.15) is 69.7 Å². The zero-order chi connectivity index (χ0) is 17.6. The average Bonchev–Trinajstić information content (AvgIpc) is 3.22. The van der Waals surface area contributed by atoms with Crippen molar-refractivity contribution in [2.45, 2.75) is 77.2 Å². The molecule has 1 aromatic rings. The molecule has 25 heavy (non-hydrogen) atoms. The van der Waals surface area contributed by atoms with Crippen LogP contribution in [0, 0.1) is 5.92 Å². The van der Waals surface area contributed by atoms with Crippen LogP contribution in [0.15, 0.2) is 0 Å². The Hall–Kier alpha value is -1.50. The number of amides is 2. The minimum absolute atomic E-state index is 0.0945. The first kappa shape index (κ1) is 18.3. The van der Waals surface area contributed by atoms with Crippen LogP contribution in [-0.4, -0.2) is 39.5 Å². The Kier molecular flexibility index (Phi) is 6.39. The van der Waals surface area contributed by atoms with E-state index in [4.69, 9.17) is 0 Å². The van der Waals surface area contributed by atoms with E-state index in [9.17, 15) is 9.59 Å². The summed E-state index contributed by atoms with van der Waals surface area (Å²) in [6.45, 7) is 2.72. The molecule has 6 nitrogen and oxygen atoms in total. The minimum atomic E-state index is -0.262. The van der Waals surface area contributed by atoms with Gasteiger partial charge in [-0.05, 0) is 19.3 Å². The fourth-order valence-corrected chi connectivity index (χ4v) is 4.58. The van der Waals surface area contributed by atoms with Gasteiger partial charge in [0.05, 0.1) is 5.92 Å². The molecule has 1 aliphatic carbocycles. The van der Waals surface area contributed by atoms with Crippen molar-refractivity contribution in [2.24, 2.45) is 5.92 Å². The maximum absolute atomic E-state index is 12.5. The van der Waals surface area contributed by atoms with Crippen LogP contribution in [0.3, 0.4) is 0 Å². The molecular weight excluding hydrogens is 336 g/mol. The lowest BCUT2D eigenvalue weighted by Gasteiger charge is -2.31. The fourth-order valence-electron chi connectivity index (χ4n) is 3.79. The van der Waals surface area contributed by atoms with E-state index in [1.165, 1.54) is 43.4 Å². The third kappa shape index (κ3) is 4.77. The van der Waals surface area contributed by atoms with Crippen molar-refractivity contribution in [3.05, 3.63) is 5.01 Å². The lowest BCUT2D eigenvalue weighted by molar-refractivity contribution is -0.130. The Balaban J connectivity index is 1.50. The number of nitrogens with zero attached hydrogens (tertiary/aromatic N) is 3. The highest BCUT2D eigenvalue weighted by atomic mass is 32.1. The molecule has 3 rings (SSSR count). The van der Waals surface area contributed by atoms with E-state index in [1.54, 1.807) is 0 Å². The van der Waals surface area contributed by atoms with Gasteiger partial charge in [-0.1, -0.05) is 50.4 Å². The molecule has 1 N–H and O–H groups in total. The normalized spacial score (nSPS) is 21.7. The predicted octanol–water partition coefficient (Wildman–Crippen LogP) is 3.39. The molecule has 0 spiro atoms. The molecule has 1 aromatic heterocycles. The topological polar surface area (TPSA) is 75.2 Å². The van der Waals surface area contributed by atoms with Crippen molar-refractivity contribution in [2.75, 3.05) is 11.9 Å². The molecule has 7 heteroatoms. The van der Waals surface area contributed by atoms with Gasteiger partial charge in [0.25, 0.3) is 0 Å². The van der Waals surface area contributed by atoms with Crippen LogP contribution in [0.4, 0.5) is 5.13 Å². The molecule has 2 fully saturated rings. The van der Waals surface area contributed by atoms with Gasteiger partial charge in [0.15, 0.2) is 0 Å². The van der Waals surface area contributed by atoms with Gasteiger partial charge < -0.3 is 10.2 Å². The summed E-state index contributed by atoms with van der Waals surface area (Å²) < 4.78 is 0. The van der Waals surface area contributed by atoms with Crippen LogP contribution in [-0.2, 0) is 16.0 Å². The number of aromatic nitrogens is 2. The first-order valence-electron chi connectivity index (χ1n) is 9.60. The number of unbranched alkanes of at least 4 members (excludes halogenated alkanes) is 2. The van der Waals surface area contributed by atoms with Crippen molar-refractivity contribution >= 4 is 28.3 Å². The van der Waals surface area contributed by atoms with Crippen molar-refractivity contribution in [3.63, 3.8) is 0 Å². The van der Waals surface area contributed by atoms with Crippen molar-refractivity contribution in [3.8, 4) is 0 Å². The lowest BCUT2D eigenvalue weighted by atomic mass is 9.94. The molecule has 1 saturated carbocycles. The summed E-state index contributed by atoms with van der Waals surface area (Å²) in [6.07, 6.45) is 10.5. The Morgan fingerprint density at radius 2 is 2.04 bits per heavy atom. The molecule has 2 aliphatic rings. The molecule has 1 unspecified atom stereocenters. The van der Waals surface area contributed by atoms with Crippen LogP contribution in [0.5, 0.6) is 0 Å². The largest absolute Gasteiger partial charge is 0.339 e. The van der Waals surface area contributed by atoms with Gasteiger partial charge in [-0.2, -0.15) is 0 Å². The number of likely N-dealkylation sites (tertiary alicyclic amines) is 1. The van der Waals surface area contributed by atoms with Crippen molar-refractivity contribution < 1.29 is 9.59 Å². The van der Waals surface area contributed by atoms with Crippen LogP contribution in [0.2, 0.25) is 0 Å². The summed E-state index contributed by atoms with van der Waals surface area (Å²) in [4.78, 5) is 26.8. The second-order valence-corrected chi connectivity index (χ2v) is 8.25. The Labute approximate surface area is 153 Å². The number of nitrogens with one attached hydrogen (secondary N) is 1. The number of hydrogen-bond acceptors (Lipinski definition) is 5. The van der Waals surface area contributed by atoms with E-state index in [0.717, 1.165) is 30.7 Å². The van der Waals surface area contributed by atoms with Crippen LogP contribution in [0.25, 0.3) is 0 Å². The van der Waals surface area contributed by atoms with E-state index in [1.807, 2.05) is 4.90 Å². The SMILES string of the molecule is CCCCCc1nnc(NC(=O)C2CC(=O)N(C3CCCCC3)C2)s1. The van der Waals surface area contributed by atoms with Gasteiger partial charge in [0, 0.05) is 25.4 Å². The predicted molar refractivity (Wildman–Crippen MR) is 98.5 cm³/mol. The van der Waals surface area contributed by atoms with Crippen LogP contribution < -0.4 is 5.32 Å². The molecule has 0 bridgehead atoms. The highest BCUT2D eigenvalue weighted by Gasteiger charge is 2.38. The van der Waals surface area contributed by atoms with E-state index >= 15 is 0 Å². The zero-order valence-corrected chi connectivity index (χ0v) is 15.8. The Bertz CT molecular complexity index is 598. The van der Waals surface area contributed by atoms with E-state index in [2.05, 4.69) is 22.4 Å². The quantitative estimate of drug-likeness (QED) is 0.753. The van der Waals surface area contributed by atoms with Gasteiger partial charge in [-0.3, -0.25) is 9.59 Å². The second kappa shape index (κ2) is 8.74. The second-order valence-electron chi connectivity index (χ2n) is 7.19. The van der Waals surface area contributed by atoms with Gasteiger partial charge in [0.2, 0.25) is 16.9 Å². The molecule has 1 saturated heterocycles. The molecule has 138 valence electrons. The fraction of sp³-hybridized carbons (Fsp3) is 0.778. The average molecular weight is 365 g/mol. The van der Waals surface area contributed by atoms with E-state index < -0.39 is 0 Å². The first-order valence-corrected chi connectivity index (χ1v) is 10.4. The van der Waals surface area contributed by atoms with Crippen LogP contribution >= 0.6 is 11.3 Å². The lowest BCUT2D eigenvalue weighted by Crippen LogP contribution is -2.38. The highest BCUT2D eigenvalue weighted by Crippen LogP contribution is 2.29. The third-order valence-corrected chi connectivity index (χ3v) is 6.13. The van der Waals surface area contributed by atoms with Gasteiger partial charge in [-0.15, -0.1) is 10.2 Å². The number of carbonyl (C=O) groups excluding carboxylic acids is 2. The molecule has 1 atom stereocenters. The summed E-state index contributed by atoms with van der Waals surface area (Å²) in [7, 11) is 0. The van der Waals surface area contributed by atoms with Crippen molar-refractivity contribution in [1.82, 2.24) is 15.1 Å². The third-order valence-electron chi connectivity index (χ3n) is 5.24. The molecule has 2 amide bonds. The smallest absolute Gasteiger partial charge is 0.231 e. The number of anilines is 1. The molecule has 0 aromatic carbocycles. The highest BCUT2D eigenvalue weighted by molar-refractivity contribution is 7.15. The first-order chi connectivity index (χ1) is 12.2. The summed E-state index contributed by atoms with van der Waals surface area (Å²) >= 11 is 1.45. The van der Waals surface area contributed by atoms with Gasteiger partial charge in [-0.25, -0.2) is 0 Å². The molecule has 1 aliphatic heterocycles. The number of hydrogen-bond donors (Lipinski definition) is 1. The van der Waals surface area contributed by atoms with Gasteiger partial charge in [0.1, 0.15) is 5.01 Å².